The minimum Gasteiger partial charge on any atom is -0.493 e. The molecule has 1 saturated heterocycles. The largest absolute Gasteiger partial charge is 0.493 e. The highest BCUT2D eigenvalue weighted by Crippen LogP contribution is 2.55. The second-order valence-corrected chi connectivity index (χ2v) is 12.1. The molecular formula is C27H37F2N3O6. The van der Waals surface area contributed by atoms with Crippen molar-refractivity contribution in [3.05, 3.63) is 23.6 Å². The maximum atomic E-state index is 15.8. The van der Waals surface area contributed by atoms with Crippen molar-refractivity contribution in [1.82, 2.24) is 15.0 Å². The Bertz CT molecular complexity index is 1180. The molecule has 1 atom stereocenters. The first kappa shape index (κ1) is 28.1. The van der Waals surface area contributed by atoms with E-state index < -0.39 is 34.3 Å². The van der Waals surface area contributed by atoms with E-state index in [0.29, 0.717) is 42.1 Å². The Hall–Kier alpha value is -2.95. The van der Waals surface area contributed by atoms with E-state index in [9.17, 15) is 9.90 Å². The molecule has 0 radical (unpaired) electrons. The number of rotatable bonds is 7. The third kappa shape index (κ3) is 5.04. The van der Waals surface area contributed by atoms with E-state index >= 15 is 8.78 Å². The molecule has 0 unspecified atom stereocenters. The normalized spacial score (nSPS) is 22.3. The van der Waals surface area contributed by atoms with Crippen LogP contribution in [0.15, 0.2) is 16.7 Å². The number of methoxy groups -OCH3 is 2. The molecule has 38 heavy (non-hydrogen) atoms. The van der Waals surface area contributed by atoms with Crippen LogP contribution in [-0.2, 0) is 4.79 Å². The lowest BCUT2D eigenvalue weighted by Gasteiger charge is -2.51. The fourth-order valence-corrected chi connectivity index (χ4v) is 6.60. The second-order valence-electron chi connectivity index (χ2n) is 12.1. The Morgan fingerprint density at radius 3 is 2.34 bits per heavy atom. The number of hydrogen-bond acceptors (Lipinski definition) is 8. The molecule has 1 aliphatic heterocycles. The summed E-state index contributed by atoms with van der Waals surface area (Å²) in [6, 6.07) is 2.35. The number of nitrogens with zero attached hydrogens (tertiary/aromatic N) is 3. The summed E-state index contributed by atoms with van der Waals surface area (Å²) in [5.41, 5.74) is -2.92. The molecule has 1 aliphatic carbocycles. The maximum Gasteiger partial charge on any atom is 0.359 e. The van der Waals surface area contributed by atoms with Crippen LogP contribution in [0.4, 0.5) is 8.78 Å². The van der Waals surface area contributed by atoms with Crippen LogP contribution in [0.3, 0.4) is 0 Å². The number of ether oxygens (including phenoxy) is 3. The van der Waals surface area contributed by atoms with E-state index in [-0.39, 0.29) is 31.3 Å². The third-order valence-electron chi connectivity index (χ3n) is 7.52. The Labute approximate surface area is 221 Å². The number of hydrogen-bond donors (Lipinski definition) is 1. The molecule has 11 heteroatoms. The highest BCUT2D eigenvalue weighted by atomic mass is 19.3. The Kier molecular flexibility index (Phi) is 7.14. The SMILES string of the molecule is COc1ccc(Oc2noc([C@@H]3CCCN3C(=O)C(F)(F)C3(O)CC(C)(C)CC(C)(C)C3)n2)c(C)c1OC. The van der Waals surface area contributed by atoms with Gasteiger partial charge in [-0.05, 0) is 67.1 Å². The molecule has 0 bridgehead atoms. The van der Waals surface area contributed by atoms with Gasteiger partial charge in [0.1, 0.15) is 17.4 Å². The summed E-state index contributed by atoms with van der Waals surface area (Å²) in [6.45, 7) is 9.25. The molecule has 1 aromatic carbocycles. The van der Waals surface area contributed by atoms with Crippen LogP contribution in [0.5, 0.6) is 23.3 Å². The molecule has 4 rings (SSSR count). The van der Waals surface area contributed by atoms with Crippen LogP contribution >= 0.6 is 0 Å². The van der Waals surface area contributed by atoms with Gasteiger partial charge in [-0.2, -0.15) is 13.8 Å². The van der Waals surface area contributed by atoms with Gasteiger partial charge >= 0.3 is 11.9 Å². The first-order valence-electron chi connectivity index (χ1n) is 12.8. The van der Waals surface area contributed by atoms with E-state index in [2.05, 4.69) is 10.1 Å². The lowest BCUT2D eigenvalue weighted by atomic mass is 9.58. The molecule has 2 fully saturated rings. The van der Waals surface area contributed by atoms with Crippen molar-refractivity contribution in [2.24, 2.45) is 10.8 Å². The lowest BCUT2D eigenvalue weighted by molar-refractivity contribution is -0.231. The van der Waals surface area contributed by atoms with E-state index in [1.165, 1.54) is 14.2 Å². The maximum absolute atomic E-state index is 15.8. The predicted octanol–water partition coefficient (Wildman–Crippen LogP) is 5.45. The number of carbonyl (C=O) groups excluding carboxylic acids is 1. The van der Waals surface area contributed by atoms with Crippen molar-refractivity contribution in [2.45, 2.75) is 84.3 Å². The van der Waals surface area contributed by atoms with Gasteiger partial charge in [0.2, 0.25) is 0 Å². The van der Waals surface area contributed by atoms with Gasteiger partial charge in [-0.25, -0.2) is 0 Å². The van der Waals surface area contributed by atoms with Crippen LogP contribution in [0.25, 0.3) is 0 Å². The van der Waals surface area contributed by atoms with Crippen LogP contribution in [-0.4, -0.2) is 58.3 Å². The van der Waals surface area contributed by atoms with Gasteiger partial charge in [0, 0.05) is 12.1 Å². The van der Waals surface area contributed by atoms with Crippen molar-refractivity contribution in [3.8, 4) is 23.3 Å². The fraction of sp³-hybridized carbons (Fsp3) is 0.667. The Morgan fingerprint density at radius 2 is 1.74 bits per heavy atom. The molecule has 1 saturated carbocycles. The van der Waals surface area contributed by atoms with Gasteiger partial charge in [0.25, 0.3) is 11.8 Å². The molecule has 9 nitrogen and oxygen atoms in total. The smallest absolute Gasteiger partial charge is 0.359 e. The second kappa shape index (κ2) is 9.66. The number of amides is 1. The zero-order chi connectivity index (χ0) is 28.1. The van der Waals surface area contributed by atoms with Crippen molar-refractivity contribution < 1.29 is 37.4 Å². The summed E-state index contributed by atoms with van der Waals surface area (Å²) >= 11 is 0. The van der Waals surface area contributed by atoms with Crippen LogP contribution in [0, 0.1) is 17.8 Å². The van der Waals surface area contributed by atoms with Crippen molar-refractivity contribution in [3.63, 3.8) is 0 Å². The summed E-state index contributed by atoms with van der Waals surface area (Å²) in [4.78, 5) is 18.6. The monoisotopic (exact) mass is 537 g/mol. The molecule has 2 aromatic rings. The standard InChI is InChI=1S/C27H37F2N3O6/c1-16-18(10-11-19(35-6)20(16)36-7)37-23-30-21(38-31-23)17-9-8-12-32(17)22(33)27(28,29)26(34)14-24(2,3)13-25(4,5)15-26/h10-11,17,34H,8-9,12-15H2,1-7H3/t17-/m0/s1. The van der Waals surface area contributed by atoms with Crippen molar-refractivity contribution in [2.75, 3.05) is 20.8 Å². The molecule has 1 N–H and O–H groups in total. The van der Waals surface area contributed by atoms with E-state index in [1.54, 1.807) is 19.1 Å². The van der Waals surface area contributed by atoms with E-state index in [1.807, 2.05) is 27.7 Å². The third-order valence-corrected chi connectivity index (χ3v) is 7.52. The molecule has 2 heterocycles. The number of aromatic nitrogens is 2. The molecule has 1 amide bonds. The highest BCUT2D eigenvalue weighted by molar-refractivity contribution is 5.85. The average Bonchev–Trinajstić information content (AvgIpc) is 3.46. The summed E-state index contributed by atoms with van der Waals surface area (Å²) in [7, 11) is 3.03. The predicted molar refractivity (Wildman–Crippen MR) is 134 cm³/mol. The number of aliphatic hydroxyl groups is 1. The van der Waals surface area contributed by atoms with Crippen LogP contribution < -0.4 is 14.2 Å². The van der Waals surface area contributed by atoms with E-state index in [0.717, 1.165) is 4.90 Å². The van der Waals surface area contributed by atoms with Crippen LogP contribution in [0.2, 0.25) is 0 Å². The zero-order valence-corrected chi connectivity index (χ0v) is 23.1. The number of carbonyl (C=O) groups is 1. The summed E-state index contributed by atoms with van der Waals surface area (Å²) in [6.07, 6.45) is 1.17. The van der Waals surface area contributed by atoms with Gasteiger partial charge in [-0.3, -0.25) is 4.79 Å². The highest BCUT2D eigenvalue weighted by Gasteiger charge is 2.65. The zero-order valence-electron chi connectivity index (χ0n) is 23.1. The topological polar surface area (TPSA) is 107 Å². The molecular weight excluding hydrogens is 500 g/mol. The Balaban J connectivity index is 1.55. The number of alkyl halides is 2. The molecule has 210 valence electrons. The van der Waals surface area contributed by atoms with Gasteiger partial charge in [-0.15, -0.1) is 0 Å². The summed E-state index contributed by atoms with van der Waals surface area (Å²) in [5.74, 6) is -4.01. The fourth-order valence-electron chi connectivity index (χ4n) is 6.60. The average molecular weight is 538 g/mol. The van der Waals surface area contributed by atoms with Gasteiger partial charge in [0.05, 0.1) is 14.2 Å². The van der Waals surface area contributed by atoms with Gasteiger partial charge in [-0.1, -0.05) is 27.7 Å². The lowest BCUT2D eigenvalue weighted by Crippen LogP contribution is -2.62. The number of halogens is 2. The number of likely N-dealkylation sites (tertiary alicyclic amines) is 1. The first-order valence-corrected chi connectivity index (χ1v) is 12.8. The van der Waals surface area contributed by atoms with Crippen molar-refractivity contribution in [1.29, 1.82) is 0 Å². The van der Waals surface area contributed by atoms with Crippen LogP contribution in [0.1, 0.15) is 77.3 Å². The molecule has 2 aliphatic rings. The van der Waals surface area contributed by atoms with E-state index in [4.69, 9.17) is 18.7 Å². The molecule has 1 aromatic heterocycles. The van der Waals surface area contributed by atoms with Gasteiger partial charge in [0.15, 0.2) is 11.5 Å². The minimum atomic E-state index is -3.99. The quantitative estimate of drug-likeness (QED) is 0.497. The first-order chi connectivity index (χ1) is 17.6. The Morgan fingerprint density at radius 1 is 1.11 bits per heavy atom. The minimum absolute atomic E-state index is 0.00364. The van der Waals surface area contributed by atoms with Crippen molar-refractivity contribution >= 4 is 5.91 Å². The van der Waals surface area contributed by atoms with Gasteiger partial charge < -0.3 is 28.7 Å². The summed E-state index contributed by atoms with van der Waals surface area (Å²) < 4.78 is 53.4. The number of benzene rings is 1. The molecule has 0 spiro atoms. The summed E-state index contributed by atoms with van der Waals surface area (Å²) in [5, 5.41) is 15.1.